The lowest BCUT2D eigenvalue weighted by atomic mass is 10.2. The Bertz CT molecular complexity index is 1240. The van der Waals surface area contributed by atoms with Crippen LogP contribution in [0.2, 0.25) is 15.1 Å². The molecule has 0 bridgehead atoms. The maximum atomic E-state index is 13.9. The summed E-state index contributed by atoms with van der Waals surface area (Å²) in [5.41, 5.74) is 1.61. The number of carbonyl (C=O) groups is 2. The van der Waals surface area contributed by atoms with Crippen molar-refractivity contribution in [2.45, 2.75) is 13.2 Å². The van der Waals surface area contributed by atoms with Gasteiger partial charge in [0, 0.05) is 15.6 Å². The second kappa shape index (κ2) is 10.2. The molecule has 0 N–H and O–H groups in total. The third kappa shape index (κ3) is 5.53. The first-order valence-corrected chi connectivity index (χ1v) is 11.6. The molecule has 4 nitrogen and oxygen atoms in total. The van der Waals surface area contributed by atoms with E-state index in [1.807, 2.05) is 0 Å². The molecule has 0 unspecified atom stereocenters. The molecule has 1 aliphatic heterocycles. The van der Waals surface area contributed by atoms with Crippen molar-refractivity contribution in [2.75, 3.05) is 0 Å². The highest BCUT2D eigenvalue weighted by atomic mass is 35.5. The Morgan fingerprint density at radius 1 is 0.970 bits per heavy atom. The van der Waals surface area contributed by atoms with Crippen LogP contribution in [0.5, 0.6) is 5.75 Å². The Hall–Kier alpha value is -2.51. The van der Waals surface area contributed by atoms with Crippen molar-refractivity contribution in [3.8, 4) is 5.75 Å². The van der Waals surface area contributed by atoms with Gasteiger partial charge in [-0.2, -0.15) is 0 Å². The van der Waals surface area contributed by atoms with Crippen LogP contribution in [0.3, 0.4) is 0 Å². The molecule has 0 aromatic heterocycles. The molecule has 0 saturated carbocycles. The molecule has 0 atom stereocenters. The van der Waals surface area contributed by atoms with Crippen molar-refractivity contribution in [1.82, 2.24) is 4.90 Å². The van der Waals surface area contributed by atoms with Crippen molar-refractivity contribution in [3.05, 3.63) is 103 Å². The van der Waals surface area contributed by atoms with Crippen LogP contribution in [-0.4, -0.2) is 16.0 Å². The van der Waals surface area contributed by atoms with Crippen LogP contribution in [-0.2, 0) is 17.9 Å². The van der Waals surface area contributed by atoms with Crippen molar-refractivity contribution in [2.24, 2.45) is 0 Å². The van der Waals surface area contributed by atoms with Gasteiger partial charge >= 0.3 is 0 Å². The maximum Gasteiger partial charge on any atom is 0.293 e. The van der Waals surface area contributed by atoms with Crippen LogP contribution in [0.15, 0.2) is 65.6 Å². The number of rotatable bonds is 6. The van der Waals surface area contributed by atoms with Gasteiger partial charge < -0.3 is 4.74 Å². The molecule has 9 heteroatoms. The van der Waals surface area contributed by atoms with E-state index < -0.39 is 11.7 Å². The number of thioether (sulfide) groups is 1. The molecule has 1 aliphatic rings. The van der Waals surface area contributed by atoms with Crippen LogP contribution in [0.1, 0.15) is 16.7 Å². The van der Waals surface area contributed by atoms with Gasteiger partial charge in [-0.1, -0.05) is 59.1 Å². The minimum absolute atomic E-state index is 0.0169. The second-order valence-electron chi connectivity index (χ2n) is 7.06. The van der Waals surface area contributed by atoms with E-state index in [-0.39, 0.29) is 24.0 Å². The summed E-state index contributed by atoms with van der Waals surface area (Å²) in [6, 6.07) is 16.2. The number of imide groups is 1. The Morgan fingerprint density at radius 3 is 2.42 bits per heavy atom. The van der Waals surface area contributed by atoms with E-state index in [0.29, 0.717) is 36.8 Å². The van der Waals surface area contributed by atoms with Crippen LogP contribution in [0.4, 0.5) is 9.18 Å². The molecule has 1 heterocycles. The number of hydrogen-bond donors (Lipinski definition) is 0. The molecule has 3 aromatic carbocycles. The van der Waals surface area contributed by atoms with E-state index in [4.69, 9.17) is 39.5 Å². The maximum absolute atomic E-state index is 13.9. The number of carbonyl (C=O) groups excluding carboxylic acids is 2. The van der Waals surface area contributed by atoms with Crippen molar-refractivity contribution in [1.29, 1.82) is 0 Å². The number of halogens is 4. The zero-order chi connectivity index (χ0) is 23.5. The monoisotopic (exact) mass is 521 g/mol. The Balaban J connectivity index is 1.43. The summed E-state index contributed by atoms with van der Waals surface area (Å²) in [5, 5.41) is 0.779. The molecule has 4 rings (SSSR count). The molecule has 0 radical (unpaired) electrons. The fraction of sp³-hybridized carbons (Fsp3) is 0.0833. The van der Waals surface area contributed by atoms with Gasteiger partial charge in [0.2, 0.25) is 0 Å². The molecular formula is C24H15Cl3FNO3S. The standard InChI is InChI=1S/C24H15Cl3FNO3S/c25-16-7-6-15(20(27)11-16)12-29-23(30)22(33-24(29)31)10-14-4-8-17(9-5-14)32-13-18-19(26)2-1-3-21(18)28/h1-11H,12-13H2/b22-10-. The van der Waals surface area contributed by atoms with Gasteiger partial charge in [0.05, 0.1) is 16.5 Å². The second-order valence-corrected chi connectivity index (χ2v) is 9.31. The molecule has 0 aliphatic carbocycles. The lowest BCUT2D eigenvalue weighted by Gasteiger charge is -2.13. The fourth-order valence-electron chi connectivity index (χ4n) is 3.09. The molecule has 1 saturated heterocycles. The third-order valence-corrected chi connectivity index (χ3v) is 6.69. The zero-order valence-corrected chi connectivity index (χ0v) is 19.9. The van der Waals surface area contributed by atoms with Gasteiger partial charge in [-0.05, 0) is 65.4 Å². The lowest BCUT2D eigenvalue weighted by molar-refractivity contribution is -0.123. The lowest BCUT2D eigenvalue weighted by Crippen LogP contribution is -2.27. The molecule has 168 valence electrons. The first-order chi connectivity index (χ1) is 15.8. The normalized spacial score (nSPS) is 14.9. The van der Waals surface area contributed by atoms with Gasteiger partial charge in [-0.15, -0.1) is 0 Å². The summed E-state index contributed by atoms with van der Waals surface area (Å²) in [5.74, 6) is -0.322. The van der Waals surface area contributed by atoms with Crippen LogP contribution in [0.25, 0.3) is 6.08 Å². The molecule has 0 spiro atoms. The van der Waals surface area contributed by atoms with Crippen molar-refractivity contribution >= 4 is 63.8 Å². The largest absolute Gasteiger partial charge is 0.489 e. The summed E-state index contributed by atoms with van der Waals surface area (Å²) in [6.45, 7) is 0.0421. The number of benzene rings is 3. The molecule has 33 heavy (non-hydrogen) atoms. The summed E-state index contributed by atoms with van der Waals surface area (Å²) >= 11 is 18.9. The number of amides is 2. The van der Waals surface area contributed by atoms with E-state index in [2.05, 4.69) is 0 Å². The van der Waals surface area contributed by atoms with Gasteiger partial charge in [-0.3, -0.25) is 14.5 Å². The topological polar surface area (TPSA) is 46.6 Å². The van der Waals surface area contributed by atoms with Crippen molar-refractivity contribution < 1.29 is 18.7 Å². The van der Waals surface area contributed by atoms with Gasteiger partial charge in [0.15, 0.2) is 0 Å². The van der Waals surface area contributed by atoms with E-state index >= 15 is 0 Å². The first kappa shape index (κ1) is 23.6. The molecule has 1 fully saturated rings. The minimum atomic E-state index is -0.435. The smallest absolute Gasteiger partial charge is 0.293 e. The van der Waals surface area contributed by atoms with Crippen LogP contribution in [0, 0.1) is 5.82 Å². The highest BCUT2D eigenvalue weighted by Crippen LogP contribution is 2.34. The van der Waals surface area contributed by atoms with Crippen LogP contribution >= 0.6 is 46.6 Å². The Kier molecular flexibility index (Phi) is 7.29. The van der Waals surface area contributed by atoms with Crippen molar-refractivity contribution in [3.63, 3.8) is 0 Å². The molecular weight excluding hydrogens is 508 g/mol. The van der Waals surface area contributed by atoms with Crippen LogP contribution < -0.4 is 4.74 Å². The van der Waals surface area contributed by atoms with Gasteiger partial charge in [-0.25, -0.2) is 4.39 Å². The predicted octanol–water partition coefficient (Wildman–Crippen LogP) is 7.60. The fourth-order valence-corrected chi connectivity index (χ4v) is 4.62. The van der Waals surface area contributed by atoms with Gasteiger partial charge in [0.25, 0.3) is 11.1 Å². The molecule has 2 amide bonds. The van der Waals surface area contributed by atoms with E-state index in [1.165, 1.54) is 12.1 Å². The minimum Gasteiger partial charge on any atom is -0.489 e. The average molecular weight is 523 g/mol. The number of ether oxygens (including phenoxy) is 1. The number of nitrogens with zero attached hydrogens (tertiary/aromatic N) is 1. The predicted molar refractivity (Wildman–Crippen MR) is 130 cm³/mol. The highest BCUT2D eigenvalue weighted by molar-refractivity contribution is 8.18. The van der Waals surface area contributed by atoms with E-state index in [9.17, 15) is 14.0 Å². The number of hydrogen-bond acceptors (Lipinski definition) is 4. The van der Waals surface area contributed by atoms with E-state index in [1.54, 1.807) is 54.6 Å². The summed E-state index contributed by atoms with van der Waals surface area (Å²) < 4.78 is 19.5. The van der Waals surface area contributed by atoms with E-state index in [0.717, 1.165) is 16.7 Å². The molecule has 3 aromatic rings. The zero-order valence-electron chi connectivity index (χ0n) is 16.9. The SMILES string of the molecule is O=C1S/C(=C\c2ccc(OCc3c(F)cccc3Cl)cc2)C(=O)N1Cc1ccc(Cl)cc1Cl. The first-order valence-electron chi connectivity index (χ1n) is 9.67. The average Bonchev–Trinajstić information content (AvgIpc) is 3.03. The summed E-state index contributed by atoms with van der Waals surface area (Å²) in [7, 11) is 0. The third-order valence-electron chi connectivity index (χ3n) is 4.84. The summed E-state index contributed by atoms with van der Waals surface area (Å²) in [4.78, 5) is 26.6. The van der Waals surface area contributed by atoms with Gasteiger partial charge in [0.1, 0.15) is 18.2 Å². The highest BCUT2D eigenvalue weighted by Gasteiger charge is 2.35. The summed E-state index contributed by atoms with van der Waals surface area (Å²) in [6.07, 6.45) is 1.63. The Morgan fingerprint density at radius 2 is 1.73 bits per heavy atom. The Labute approximate surface area is 208 Å². The quantitative estimate of drug-likeness (QED) is 0.313.